The summed E-state index contributed by atoms with van der Waals surface area (Å²) < 4.78 is 6.75. The van der Waals surface area contributed by atoms with Crippen LogP contribution in [0.3, 0.4) is 0 Å². The Bertz CT molecular complexity index is 619. The van der Waals surface area contributed by atoms with Crippen molar-refractivity contribution in [2.75, 3.05) is 6.54 Å². The number of nitrogens with zero attached hydrogens (tertiary/aromatic N) is 3. The van der Waals surface area contributed by atoms with Crippen LogP contribution in [0.15, 0.2) is 35.5 Å². The number of nitrogens with one attached hydrogen (secondary N) is 1. The molecule has 7 heteroatoms. The van der Waals surface area contributed by atoms with Crippen LogP contribution in [-0.2, 0) is 0 Å². The minimum atomic E-state index is -0.305. The van der Waals surface area contributed by atoms with Crippen LogP contribution in [0.5, 0.6) is 11.6 Å². The van der Waals surface area contributed by atoms with E-state index in [1.807, 2.05) is 6.92 Å². The lowest BCUT2D eigenvalue weighted by atomic mass is 10.3. The molecule has 1 aromatic heterocycles. The van der Waals surface area contributed by atoms with Crippen molar-refractivity contribution in [3.8, 4) is 11.6 Å². The van der Waals surface area contributed by atoms with Gasteiger partial charge in [-0.1, -0.05) is 0 Å². The summed E-state index contributed by atoms with van der Waals surface area (Å²) in [5.74, 6) is 0.818. The molecule has 0 saturated heterocycles. The summed E-state index contributed by atoms with van der Waals surface area (Å²) in [7, 11) is 0. The first-order valence-corrected chi connectivity index (χ1v) is 6.10. The van der Waals surface area contributed by atoms with E-state index >= 15 is 0 Å². The lowest BCUT2D eigenvalue weighted by Crippen LogP contribution is -2.29. The van der Waals surface area contributed by atoms with E-state index in [1.54, 1.807) is 25.1 Å². The highest BCUT2D eigenvalue weighted by molar-refractivity contribution is 5.76. The van der Waals surface area contributed by atoms with Gasteiger partial charge >= 0.3 is 6.03 Å². The molecule has 0 fully saturated rings. The summed E-state index contributed by atoms with van der Waals surface area (Å²) in [6.07, 6.45) is 0. The number of hydrogen-bond donors (Lipinski definition) is 1. The predicted octanol–water partition coefficient (Wildman–Crippen LogP) is 2.96. The van der Waals surface area contributed by atoms with Gasteiger partial charge in [0, 0.05) is 12.6 Å². The number of rotatable bonds is 4. The molecule has 2 aromatic rings. The lowest BCUT2D eigenvalue weighted by Gasteiger charge is -2.03. The molecule has 0 spiro atoms. The zero-order valence-corrected chi connectivity index (χ0v) is 11.2. The van der Waals surface area contributed by atoms with Crippen molar-refractivity contribution in [1.82, 2.24) is 15.1 Å². The predicted molar refractivity (Wildman–Crippen MR) is 73.4 cm³/mol. The number of aryl methyl sites for hydroxylation is 1. The molecule has 104 valence electrons. The fourth-order valence-electron chi connectivity index (χ4n) is 1.62. The molecular weight excluding hydrogens is 260 g/mol. The highest BCUT2D eigenvalue weighted by Gasteiger charge is 2.11. The van der Waals surface area contributed by atoms with Gasteiger partial charge < -0.3 is 10.1 Å². The van der Waals surface area contributed by atoms with Crippen molar-refractivity contribution in [3.05, 3.63) is 40.9 Å². The van der Waals surface area contributed by atoms with E-state index in [0.29, 0.717) is 29.6 Å². The molecule has 1 aromatic carbocycles. The van der Waals surface area contributed by atoms with Crippen molar-refractivity contribution >= 4 is 11.7 Å². The smallest absolute Gasteiger partial charge is 0.342 e. The highest BCUT2D eigenvalue weighted by atomic mass is 16.5. The molecule has 0 aliphatic carbocycles. The Morgan fingerprint density at radius 1 is 1.40 bits per heavy atom. The molecule has 7 nitrogen and oxygen atoms in total. The third-order valence-electron chi connectivity index (χ3n) is 2.55. The van der Waals surface area contributed by atoms with Gasteiger partial charge in [0.25, 0.3) is 0 Å². The van der Waals surface area contributed by atoms with E-state index in [1.165, 1.54) is 16.8 Å². The second kappa shape index (κ2) is 5.96. The van der Waals surface area contributed by atoms with Crippen LogP contribution in [0.4, 0.5) is 10.5 Å². The van der Waals surface area contributed by atoms with E-state index in [-0.39, 0.29) is 6.03 Å². The standard InChI is InChI=1S/C13H14N4O3/c1-3-14-13(18)17-9(2)8-12(15-17)20-11-6-4-10(16-19)5-7-11/h4-8H,3H2,1-2H3,(H,14,18). The maximum Gasteiger partial charge on any atom is 0.342 e. The van der Waals surface area contributed by atoms with Crippen molar-refractivity contribution in [1.29, 1.82) is 0 Å². The second-order valence-corrected chi connectivity index (χ2v) is 4.06. The van der Waals surface area contributed by atoms with Crippen LogP contribution < -0.4 is 10.1 Å². The average molecular weight is 274 g/mol. The Morgan fingerprint density at radius 2 is 2.10 bits per heavy atom. The van der Waals surface area contributed by atoms with Gasteiger partial charge in [-0.05, 0) is 43.3 Å². The SMILES string of the molecule is CCNC(=O)n1nc(Oc2ccc(N=O)cc2)cc1C. The Balaban J connectivity index is 2.15. The van der Waals surface area contributed by atoms with E-state index in [0.717, 1.165) is 0 Å². The summed E-state index contributed by atoms with van der Waals surface area (Å²) in [6, 6.07) is 7.64. The van der Waals surface area contributed by atoms with Crippen LogP contribution >= 0.6 is 0 Å². The Kier molecular flexibility index (Phi) is 4.09. The number of hydrogen-bond acceptors (Lipinski definition) is 5. The monoisotopic (exact) mass is 274 g/mol. The van der Waals surface area contributed by atoms with Gasteiger partial charge in [0.1, 0.15) is 11.4 Å². The van der Waals surface area contributed by atoms with E-state index in [2.05, 4.69) is 15.6 Å². The zero-order valence-electron chi connectivity index (χ0n) is 11.2. The molecule has 0 saturated carbocycles. The maximum atomic E-state index is 11.7. The first kappa shape index (κ1) is 13.7. The Labute approximate surface area is 115 Å². The first-order valence-electron chi connectivity index (χ1n) is 6.10. The fourth-order valence-corrected chi connectivity index (χ4v) is 1.62. The molecule has 20 heavy (non-hydrogen) atoms. The molecule has 0 aliphatic rings. The topological polar surface area (TPSA) is 85.6 Å². The van der Waals surface area contributed by atoms with Gasteiger partial charge in [-0.15, -0.1) is 10.0 Å². The number of nitroso groups, excluding NO2 is 1. The number of carbonyl (C=O) groups is 1. The highest BCUT2D eigenvalue weighted by Crippen LogP contribution is 2.23. The van der Waals surface area contributed by atoms with Crippen molar-refractivity contribution in [3.63, 3.8) is 0 Å². The largest absolute Gasteiger partial charge is 0.438 e. The van der Waals surface area contributed by atoms with Gasteiger partial charge in [0.05, 0.1) is 5.69 Å². The minimum Gasteiger partial charge on any atom is -0.438 e. The molecule has 0 bridgehead atoms. The summed E-state index contributed by atoms with van der Waals surface area (Å²) in [6.45, 7) is 4.11. The number of benzene rings is 1. The molecule has 1 heterocycles. The van der Waals surface area contributed by atoms with Crippen LogP contribution in [0.2, 0.25) is 0 Å². The third kappa shape index (κ3) is 3.00. The number of carbonyl (C=O) groups excluding carboxylic acids is 1. The third-order valence-corrected chi connectivity index (χ3v) is 2.55. The van der Waals surface area contributed by atoms with E-state index in [4.69, 9.17) is 4.74 Å². The maximum absolute atomic E-state index is 11.7. The fraction of sp³-hybridized carbons (Fsp3) is 0.231. The minimum absolute atomic E-state index is 0.305. The van der Waals surface area contributed by atoms with Gasteiger partial charge in [0.2, 0.25) is 5.88 Å². The summed E-state index contributed by atoms with van der Waals surface area (Å²) >= 11 is 0. The molecule has 0 unspecified atom stereocenters. The summed E-state index contributed by atoms with van der Waals surface area (Å²) in [5, 5.41) is 9.52. The van der Waals surface area contributed by atoms with Crippen molar-refractivity contribution < 1.29 is 9.53 Å². The summed E-state index contributed by atoms with van der Waals surface area (Å²) in [4.78, 5) is 22.0. The number of amides is 1. The first-order chi connectivity index (χ1) is 9.63. The van der Waals surface area contributed by atoms with E-state index < -0.39 is 0 Å². The van der Waals surface area contributed by atoms with Crippen LogP contribution in [0.1, 0.15) is 12.6 Å². The Morgan fingerprint density at radius 3 is 2.70 bits per heavy atom. The average Bonchev–Trinajstić information content (AvgIpc) is 2.81. The molecular formula is C13H14N4O3. The Hall–Kier alpha value is -2.70. The second-order valence-electron chi connectivity index (χ2n) is 4.06. The molecule has 1 amide bonds. The number of ether oxygens (including phenoxy) is 1. The lowest BCUT2D eigenvalue weighted by molar-refractivity contribution is 0.239. The van der Waals surface area contributed by atoms with Crippen LogP contribution in [0, 0.1) is 11.8 Å². The molecule has 2 rings (SSSR count). The molecule has 1 N–H and O–H groups in total. The van der Waals surface area contributed by atoms with Gasteiger partial charge in [-0.25, -0.2) is 4.79 Å². The van der Waals surface area contributed by atoms with E-state index in [9.17, 15) is 9.70 Å². The molecule has 0 aliphatic heterocycles. The van der Waals surface area contributed by atoms with Gasteiger partial charge in [-0.2, -0.15) is 4.68 Å². The normalized spacial score (nSPS) is 10.1. The van der Waals surface area contributed by atoms with Gasteiger partial charge in [0.15, 0.2) is 0 Å². The van der Waals surface area contributed by atoms with Gasteiger partial charge in [-0.3, -0.25) is 0 Å². The molecule has 0 atom stereocenters. The van der Waals surface area contributed by atoms with Crippen molar-refractivity contribution in [2.45, 2.75) is 13.8 Å². The van der Waals surface area contributed by atoms with Crippen LogP contribution in [-0.4, -0.2) is 22.4 Å². The van der Waals surface area contributed by atoms with Crippen molar-refractivity contribution in [2.24, 2.45) is 5.18 Å². The van der Waals surface area contributed by atoms with Crippen LogP contribution in [0.25, 0.3) is 0 Å². The number of aromatic nitrogens is 2. The quantitative estimate of drug-likeness (QED) is 0.868. The summed E-state index contributed by atoms with van der Waals surface area (Å²) in [5.41, 5.74) is 0.985. The zero-order chi connectivity index (χ0) is 14.5. The molecule has 0 radical (unpaired) electrons.